The Morgan fingerprint density at radius 1 is 1.08 bits per heavy atom. The molecule has 0 bridgehead atoms. The van der Waals surface area contributed by atoms with E-state index in [-0.39, 0.29) is 17.5 Å². The molecule has 1 amide bonds. The van der Waals surface area contributed by atoms with E-state index in [2.05, 4.69) is 12.6 Å². The fourth-order valence-corrected chi connectivity index (χ4v) is 2.68. The molecule has 2 aromatic carbocycles. The molecule has 0 aromatic heterocycles. The number of para-hydroxylation sites is 1. The Kier molecular flexibility index (Phi) is 6.37. The predicted molar refractivity (Wildman–Crippen MR) is 93.9 cm³/mol. The average molecular weight is 347 g/mol. The molecule has 0 heterocycles. The van der Waals surface area contributed by atoms with Gasteiger partial charge in [-0.15, -0.1) is 0 Å². The maximum Gasteiger partial charge on any atom is 0.323 e. The van der Waals surface area contributed by atoms with E-state index < -0.39 is 18.4 Å². The van der Waals surface area contributed by atoms with Gasteiger partial charge in [0.05, 0.1) is 5.92 Å². The zero-order valence-corrected chi connectivity index (χ0v) is 13.8. The van der Waals surface area contributed by atoms with Gasteiger partial charge in [0, 0.05) is 11.4 Å². The lowest BCUT2D eigenvalue weighted by Gasteiger charge is -2.25. The van der Waals surface area contributed by atoms with Crippen LogP contribution in [-0.4, -0.2) is 29.3 Å². The van der Waals surface area contributed by atoms with Crippen molar-refractivity contribution in [2.24, 2.45) is 5.92 Å². The third-order valence-corrected chi connectivity index (χ3v) is 4.03. The topological polar surface area (TPSA) is 57.6 Å². The van der Waals surface area contributed by atoms with Gasteiger partial charge in [-0.3, -0.25) is 9.59 Å². The molecule has 0 saturated heterocycles. The summed E-state index contributed by atoms with van der Waals surface area (Å²) >= 11 is 4.23. The van der Waals surface area contributed by atoms with E-state index in [4.69, 9.17) is 5.11 Å². The van der Waals surface area contributed by atoms with Crippen LogP contribution < -0.4 is 4.90 Å². The van der Waals surface area contributed by atoms with Crippen molar-refractivity contribution in [2.45, 2.75) is 6.42 Å². The molecule has 24 heavy (non-hydrogen) atoms. The molecule has 0 radical (unpaired) electrons. The predicted octanol–water partition coefficient (Wildman–Crippen LogP) is 3.03. The van der Waals surface area contributed by atoms with Gasteiger partial charge in [0.25, 0.3) is 0 Å². The van der Waals surface area contributed by atoms with Gasteiger partial charge in [-0.05, 0) is 36.2 Å². The molecule has 2 aromatic rings. The minimum atomic E-state index is -1.09. The number of hydrogen-bond acceptors (Lipinski definition) is 3. The number of nitrogens with zero attached hydrogens (tertiary/aromatic N) is 1. The van der Waals surface area contributed by atoms with Crippen LogP contribution in [0.3, 0.4) is 0 Å². The molecular formula is C18H18FNO3S. The highest BCUT2D eigenvalue weighted by Crippen LogP contribution is 2.20. The second-order valence-electron chi connectivity index (χ2n) is 5.36. The Hall–Kier alpha value is -2.34. The zero-order chi connectivity index (χ0) is 17.5. The molecule has 0 saturated carbocycles. The van der Waals surface area contributed by atoms with Crippen molar-refractivity contribution in [1.82, 2.24) is 0 Å². The molecule has 0 aliphatic rings. The number of rotatable bonds is 7. The standard InChI is InChI=1S/C18H18FNO3S/c19-15-8-6-13(7-9-15)10-14(12-24)18(23)20(11-17(21)22)16-4-2-1-3-5-16/h1-9,14,24H,10-12H2,(H,21,22). The summed E-state index contributed by atoms with van der Waals surface area (Å²) in [5.74, 6) is -1.99. The number of benzene rings is 2. The van der Waals surface area contributed by atoms with E-state index in [1.807, 2.05) is 0 Å². The van der Waals surface area contributed by atoms with Crippen molar-refractivity contribution < 1.29 is 19.1 Å². The highest BCUT2D eigenvalue weighted by atomic mass is 32.1. The van der Waals surface area contributed by atoms with Gasteiger partial charge in [0.15, 0.2) is 0 Å². The lowest BCUT2D eigenvalue weighted by Crippen LogP contribution is -2.41. The first-order valence-corrected chi connectivity index (χ1v) is 8.08. The maximum atomic E-state index is 13.0. The minimum Gasteiger partial charge on any atom is -0.480 e. The normalized spacial score (nSPS) is 11.8. The van der Waals surface area contributed by atoms with Crippen LogP contribution in [-0.2, 0) is 16.0 Å². The smallest absolute Gasteiger partial charge is 0.323 e. The van der Waals surface area contributed by atoms with Crippen LogP contribution in [0, 0.1) is 11.7 Å². The molecule has 1 unspecified atom stereocenters. The summed E-state index contributed by atoms with van der Waals surface area (Å²) in [4.78, 5) is 25.2. The number of carbonyl (C=O) groups excluding carboxylic acids is 1. The van der Waals surface area contributed by atoms with Gasteiger partial charge in [-0.1, -0.05) is 30.3 Å². The highest BCUT2D eigenvalue weighted by molar-refractivity contribution is 7.80. The van der Waals surface area contributed by atoms with E-state index in [1.165, 1.54) is 17.0 Å². The van der Waals surface area contributed by atoms with Crippen LogP contribution in [0.15, 0.2) is 54.6 Å². The summed E-state index contributed by atoms with van der Waals surface area (Å²) in [6.45, 7) is -0.420. The van der Waals surface area contributed by atoms with Crippen LogP contribution in [0.25, 0.3) is 0 Å². The first-order valence-electron chi connectivity index (χ1n) is 7.44. The number of carbonyl (C=O) groups is 2. The number of amides is 1. The molecule has 2 rings (SSSR count). The van der Waals surface area contributed by atoms with Crippen molar-refractivity contribution in [3.63, 3.8) is 0 Å². The Balaban J connectivity index is 2.22. The van der Waals surface area contributed by atoms with Crippen molar-refractivity contribution in [2.75, 3.05) is 17.2 Å². The summed E-state index contributed by atoms with van der Waals surface area (Å²) in [5, 5.41) is 9.11. The van der Waals surface area contributed by atoms with Crippen molar-refractivity contribution in [3.05, 3.63) is 66.0 Å². The zero-order valence-electron chi connectivity index (χ0n) is 12.9. The number of carboxylic acid groups (broad SMARTS) is 1. The quantitative estimate of drug-likeness (QED) is 0.757. The Morgan fingerprint density at radius 2 is 1.71 bits per heavy atom. The van der Waals surface area contributed by atoms with E-state index >= 15 is 0 Å². The lowest BCUT2D eigenvalue weighted by molar-refractivity contribution is -0.137. The largest absolute Gasteiger partial charge is 0.480 e. The monoisotopic (exact) mass is 347 g/mol. The van der Waals surface area contributed by atoms with Crippen LogP contribution in [0.2, 0.25) is 0 Å². The number of aliphatic carboxylic acids is 1. The molecule has 1 atom stereocenters. The first-order chi connectivity index (χ1) is 11.5. The summed E-state index contributed by atoms with van der Waals surface area (Å²) in [7, 11) is 0. The Labute approximate surface area is 145 Å². The molecular weight excluding hydrogens is 329 g/mol. The van der Waals surface area contributed by atoms with Gasteiger partial charge < -0.3 is 10.0 Å². The summed E-state index contributed by atoms with van der Waals surface area (Å²) in [5.41, 5.74) is 1.32. The van der Waals surface area contributed by atoms with Crippen LogP contribution >= 0.6 is 12.6 Å². The summed E-state index contributed by atoms with van der Waals surface area (Å²) < 4.78 is 13.0. The molecule has 0 aliphatic heterocycles. The van der Waals surface area contributed by atoms with Crippen molar-refractivity contribution in [3.8, 4) is 0 Å². The van der Waals surface area contributed by atoms with Crippen LogP contribution in [0.5, 0.6) is 0 Å². The minimum absolute atomic E-state index is 0.263. The summed E-state index contributed by atoms with van der Waals surface area (Å²) in [6.07, 6.45) is 0.367. The van der Waals surface area contributed by atoms with Gasteiger partial charge in [0.1, 0.15) is 12.4 Å². The number of halogens is 1. The molecule has 0 aliphatic carbocycles. The number of anilines is 1. The maximum absolute atomic E-state index is 13.0. The molecule has 4 nitrogen and oxygen atoms in total. The molecule has 0 fully saturated rings. The summed E-state index contributed by atoms with van der Waals surface area (Å²) in [6, 6.07) is 14.6. The van der Waals surface area contributed by atoms with E-state index in [9.17, 15) is 14.0 Å². The van der Waals surface area contributed by atoms with Crippen LogP contribution in [0.4, 0.5) is 10.1 Å². The molecule has 6 heteroatoms. The molecule has 0 spiro atoms. The third-order valence-electron chi connectivity index (χ3n) is 3.59. The molecule has 126 valence electrons. The lowest BCUT2D eigenvalue weighted by atomic mass is 9.99. The van der Waals surface area contributed by atoms with Gasteiger partial charge in [0.2, 0.25) is 5.91 Å². The highest BCUT2D eigenvalue weighted by Gasteiger charge is 2.26. The van der Waals surface area contributed by atoms with Gasteiger partial charge in [-0.2, -0.15) is 12.6 Å². The van der Waals surface area contributed by atoms with Crippen molar-refractivity contribution in [1.29, 1.82) is 0 Å². The number of hydrogen-bond donors (Lipinski definition) is 2. The van der Waals surface area contributed by atoms with E-state index in [0.29, 0.717) is 12.1 Å². The third kappa shape index (κ3) is 4.83. The average Bonchev–Trinajstić information content (AvgIpc) is 2.59. The van der Waals surface area contributed by atoms with Crippen molar-refractivity contribution >= 4 is 30.2 Å². The second kappa shape index (κ2) is 8.49. The SMILES string of the molecule is O=C(O)CN(C(=O)C(CS)Cc1ccc(F)cc1)c1ccccc1. The number of carboxylic acids is 1. The first kappa shape index (κ1) is 18.0. The van der Waals surface area contributed by atoms with Crippen LogP contribution in [0.1, 0.15) is 5.56 Å². The van der Waals surface area contributed by atoms with Gasteiger partial charge >= 0.3 is 5.97 Å². The Morgan fingerprint density at radius 3 is 2.25 bits per heavy atom. The fourth-order valence-electron chi connectivity index (χ4n) is 2.39. The van der Waals surface area contributed by atoms with E-state index in [0.717, 1.165) is 5.56 Å². The second-order valence-corrected chi connectivity index (χ2v) is 5.73. The fraction of sp³-hybridized carbons (Fsp3) is 0.222. The van der Waals surface area contributed by atoms with E-state index in [1.54, 1.807) is 42.5 Å². The van der Waals surface area contributed by atoms with Gasteiger partial charge in [-0.25, -0.2) is 4.39 Å². The number of thiol groups is 1. The Bertz CT molecular complexity index is 691. The molecule has 1 N–H and O–H groups in total.